The van der Waals surface area contributed by atoms with Gasteiger partial charge in [0.05, 0.1) is 55.2 Å². The Morgan fingerprint density at radius 3 is 2.66 bits per heavy atom. The molecule has 9 heterocycles. The molecule has 1 saturated carbocycles. The second-order valence-corrected chi connectivity index (χ2v) is 20.1. The van der Waals surface area contributed by atoms with E-state index in [1.165, 1.54) is 16.3 Å². The van der Waals surface area contributed by atoms with E-state index in [9.17, 15) is 9.59 Å². The van der Waals surface area contributed by atoms with Gasteiger partial charge >= 0.3 is 5.97 Å². The van der Waals surface area contributed by atoms with E-state index in [4.69, 9.17) is 28.9 Å². The summed E-state index contributed by atoms with van der Waals surface area (Å²) in [4.78, 5) is 55.9. The topological polar surface area (TPSA) is 149 Å². The van der Waals surface area contributed by atoms with Crippen LogP contribution in [-0.4, -0.2) is 113 Å². The molecular formula is C46H57N7O7S. The molecule has 6 fully saturated rings. The van der Waals surface area contributed by atoms with Crippen LogP contribution in [0.15, 0.2) is 41.9 Å². The maximum absolute atomic E-state index is 15.1. The molecular weight excluding hydrogens is 795 g/mol. The number of hydrogen-bond acceptors (Lipinski definition) is 12. The van der Waals surface area contributed by atoms with E-state index in [2.05, 4.69) is 70.6 Å². The number of ether oxygens (including phenoxy) is 4. The number of esters is 1. The van der Waals surface area contributed by atoms with Crippen molar-refractivity contribution in [3.05, 3.63) is 58.2 Å². The van der Waals surface area contributed by atoms with Crippen molar-refractivity contribution < 1.29 is 33.3 Å². The van der Waals surface area contributed by atoms with Gasteiger partial charge in [-0.05, 0) is 88.6 Å². The molecule has 5 atom stereocenters. The van der Waals surface area contributed by atoms with Gasteiger partial charge in [0.15, 0.2) is 0 Å². The maximum atomic E-state index is 15.1. The Labute approximate surface area is 360 Å². The molecule has 11 rings (SSSR count). The third-order valence-corrected chi connectivity index (χ3v) is 15.1. The zero-order valence-corrected chi connectivity index (χ0v) is 36.8. The summed E-state index contributed by atoms with van der Waals surface area (Å²) in [6.07, 6.45) is 4.57. The van der Waals surface area contributed by atoms with Gasteiger partial charge in [-0.2, -0.15) is 0 Å². The second kappa shape index (κ2) is 15.2. The van der Waals surface area contributed by atoms with E-state index < -0.39 is 35.1 Å². The van der Waals surface area contributed by atoms with Gasteiger partial charge in [-0.3, -0.25) is 29.3 Å². The lowest BCUT2D eigenvalue weighted by molar-refractivity contribution is -0.203. The quantitative estimate of drug-likeness (QED) is 0.224. The first-order valence-corrected chi connectivity index (χ1v) is 22.8. The number of carbonyl (C=O) groups excluding carboxylic acids is 3. The fourth-order valence-corrected chi connectivity index (χ4v) is 11.7. The number of thiazole rings is 1. The maximum Gasteiger partial charge on any atom is 0.324 e. The summed E-state index contributed by atoms with van der Waals surface area (Å²) < 4.78 is 26.3. The molecule has 1 unspecified atom stereocenters. The van der Waals surface area contributed by atoms with E-state index in [-0.39, 0.29) is 36.0 Å². The van der Waals surface area contributed by atoms with Crippen molar-refractivity contribution in [1.29, 1.82) is 0 Å². The highest BCUT2D eigenvalue weighted by Gasteiger charge is 2.62. The van der Waals surface area contributed by atoms with Crippen molar-refractivity contribution in [3.63, 3.8) is 0 Å². The largest absolute Gasteiger partial charge is 0.464 e. The summed E-state index contributed by atoms with van der Waals surface area (Å²) in [5.41, 5.74) is 8.76. The molecule has 8 bridgehead atoms. The van der Waals surface area contributed by atoms with Crippen LogP contribution in [0.2, 0.25) is 0 Å². The van der Waals surface area contributed by atoms with Crippen molar-refractivity contribution in [2.75, 3.05) is 46.6 Å². The number of amides is 2. The number of nitrogens with zero attached hydrogens (tertiary/aromatic N) is 5. The molecule has 5 saturated heterocycles. The van der Waals surface area contributed by atoms with Crippen LogP contribution >= 0.6 is 11.3 Å². The minimum atomic E-state index is -1.00. The number of fused-ring (bicyclic) bond motifs is 7. The Morgan fingerprint density at radius 1 is 1.15 bits per heavy atom. The van der Waals surface area contributed by atoms with E-state index >= 15 is 4.79 Å². The predicted molar refractivity (Wildman–Crippen MR) is 229 cm³/mol. The Hall–Kier alpha value is -4.25. The second-order valence-electron chi connectivity index (χ2n) is 19.2. The molecule has 324 valence electrons. The first kappa shape index (κ1) is 40.8. The van der Waals surface area contributed by atoms with Gasteiger partial charge in [0.2, 0.25) is 0 Å². The zero-order valence-electron chi connectivity index (χ0n) is 36.0. The van der Waals surface area contributed by atoms with Gasteiger partial charge in [-0.15, -0.1) is 11.3 Å². The van der Waals surface area contributed by atoms with Crippen molar-refractivity contribution in [2.24, 2.45) is 16.7 Å². The Bertz CT molecular complexity index is 2380. The molecule has 1 aromatic carbocycles. The van der Waals surface area contributed by atoms with Crippen molar-refractivity contribution in [1.82, 2.24) is 35.2 Å². The lowest BCUT2D eigenvalue weighted by Gasteiger charge is -2.58. The first-order chi connectivity index (χ1) is 29.3. The lowest BCUT2D eigenvalue weighted by atomic mass is 9.72. The summed E-state index contributed by atoms with van der Waals surface area (Å²) >= 11 is 1.51. The molecule has 61 heavy (non-hydrogen) atoms. The number of carbonyl (C=O) groups is 3. The number of hydrogen-bond donors (Lipinski definition) is 2. The lowest BCUT2D eigenvalue weighted by Crippen LogP contribution is -2.70. The highest BCUT2D eigenvalue weighted by atomic mass is 32.1. The van der Waals surface area contributed by atoms with E-state index in [1.807, 2.05) is 26.1 Å². The molecule has 0 radical (unpaired) electrons. The zero-order chi connectivity index (χ0) is 42.4. The number of aryl methyl sites for hydroxylation is 1. The van der Waals surface area contributed by atoms with Gasteiger partial charge in [0.1, 0.15) is 22.7 Å². The summed E-state index contributed by atoms with van der Waals surface area (Å²) in [7, 11) is 1.70. The summed E-state index contributed by atoms with van der Waals surface area (Å²) in [5.74, 6) is -0.645. The molecule has 15 heteroatoms. The number of hydrazine groups is 1. The molecule has 2 amide bonds. The summed E-state index contributed by atoms with van der Waals surface area (Å²) in [6.45, 7) is 14.5. The van der Waals surface area contributed by atoms with Gasteiger partial charge < -0.3 is 28.8 Å². The van der Waals surface area contributed by atoms with Crippen molar-refractivity contribution in [2.45, 2.75) is 109 Å². The van der Waals surface area contributed by atoms with Crippen LogP contribution in [0.1, 0.15) is 88.7 Å². The average Bonchev–Trinajstić information content (AvgIpc) is 3.99. The molecule has 3 aromatic heterocycles. The number of nitrogens with one attached hydrogen (secondary N) is 2. The van der Waals surface area contributed by atoms with Crippen molar-refractivity contribution in [3.8, 4) is 22.5 Å². The monoisotopic (exact) mass is 851 g/mol. The summed E-state index contributed by atoms with van der Waals surface area (Å²) in [5, 5.41) is 8.68. The van der Waals surface area contributed by atoms with Gasteiger partial charge in [-0.1, -0.05) is 19.9 Å². The number of cyclic esters (lactones) is 1. The Kier molecular flexibility index (Phi) is 10.2. The van der Waals surface area contributed by atoms with Gasteiger partial charge in [0, 0.05) is 77.7 Å². The first-order valence-electron chi connectivity index (χ1n) is 22.0. The van der Waals surface area contributed by atoms with Crippen LogP contribution in [0.3, 0.4) is 0 Å². The molecule has 6 aliphatic heterocycles. The molecule has 1 aliphatic carbocycles. The van der Waals surface area contributed by atoms with Crippen molar-refractivity contribution >= 4 is 40.0 Å². The Balaban J connectivity index is 1.12. The Morgan fingerprint density at radius 2 is 1.95 bits per heavy atom. The van der Waals surface area contributed by atoms with E-state index in [0.29, 0.717) is 70.9 Å². The molecule has 7 aliphatic rings. The standard InChI is InChI=1S/C46H57N7O7S/c1-7-52-35-13-12-28-16-31(35)32(38(52)30-10-8-14-47-36(30)27(3)57-6)19-44(4,5)23-59-42(55)33-11-9-15-53(50-33)41(54)37(49-43(56)46-17-29(18-46)26(2)60-46)39(40-48-34(28)20-61-40)51-21-45(22-51)24-58-25-45/h8,10,12-14,16,20,26-27,29,33,37,39,50H,7,9,11,15,17-19,21-25H2,1-6H3,(H,49,56)/t26?,27-,29?,33-,37-,39-,46?/m0/s1. The fourth-order valence-electron chi connectivity index (χ4n) is 10.7. The van der Waals surface area contributed by atoms with Gasteiger partial charge in [0.25, 0.3) is 11.8 Å². The number of methoxy groups -OCH3 is 1. The number of benzene rings is 1. The summed E-state index contributed by atoms with van der Waals surface area (Å²) in [6, 6.07) is 8.32. The predicted octanol–water partition coefficient (Wildman–Crippen LogP) is 5.60. The van der Waals surface area contributed by atoms with Crippen LogP contribution in [0.4, 0.5) is 0 Å². The minimum Gasteiger partial charge on any atom is -0.464 e. The van der Waals surface area contributed by atoms with E-state index in [1.54, 1.807) is 7.11 Å². The molecule has 1 spiro atoms. The molecule has 14 nitrogen and oxygen atoms in total. The number of pyridine rings is 1. The van der Waals surface area contributed by atoms with Crippen LogP contribution in [0, 0.1) is 16.7 Å². The fraction of sp³-hybridized carbons (Fsp3) is 0.587. The number of aromatic nitrogens is 3. The average molecular weight is 852 g/mol. The van der Waals surface area contributed by atoms with Crippen LogP contribution in [0.5, 0.6) is 0 Å². The number of rotatable bonds is 7. The minimum absolute atomic E-state index is 0.0121. The van der Waals surface area contributed by atoms with Crippen LogP contribution < -0.4 is 10.7 Å². The van der Waals surface area contributed by atoms with Crippen LogP contribution in [0.25, 0.3) is 33.4 Å². The van der Waals surface area contributed by atoms with Crippen LogP contribution in [-0.2, 0) is 46.3 Å². The highest BCUT2D eigenvalue weighted by molar-refractivity contribution is 7.10. The molecule has 2 N–H and O–H groups in total. The third-order valence-electron chi connectivity index (χ3n) is 14.2. The molecule has 4 aromatic rings. The smallest absolute Gasteiger partial charge is 0.324 e. The third kappa shape index (κ3) is 6.90. The number of likely N-dealkylation sites (tertiary alicyclic amines) is 1. The normalized spacial score (nSPS) is 29.9. The van der Waals surface area contributed by atoms with E-state index in [0.717, 1.165) is 56.2 Å². The highest BCUT2D eigenvalue weighted by Crippen LogP contribution is 2.53. The SMILES string of the molecule is CCn1c(-c2cccnc2[C@H](C)OC)c2c3cc(ccc31)-c1csc(n1)[C@@H](N1CC3(COC3)C1)[C@H](NC(=O)C13CC(C1)C(C)O3)C(=O)N1CCC[C@H](N1)C(=O)OCC(C)(C)C2. The van der Waals surface area contributed by atoms with Gasteiger partial charge in [-0.25, -0.2) is 10.4 Å².